The van der Waals surface area contributed by atoms with Gasteiger partial charge in [0.05, 0.1) is 5.69 Å². The van der Waals surface area contributed by atoms with E-state index in [4.69, 9.17) is 29.6 Å². The minimum absolute atomic E-state index is 0.268. The molecule has 0 fully saturated rings. The summed E-state index contributed by atoms with van der Waals surface area (Å²) >= 11 is 11.1. The number of nitrogens with zero attached hydrogens (tertiary/aromatic N) is 1. The van der Waals surface area contributed by atoms with Crippen molar-refractivity contribution >= 4 is 40.2 Å². The molecule has 0 heterocycles. The lowest BCUT2D eigenvalue weighted by molar-refractivity contribution is 0.628. The maximum absolute atomic E-state index is 13.0. The smallest absolute Gasteiger partial charge is 0.123 e. The van der Waals surface area contributed by atoms with Gasteiger partial charge in [-0.25, -0.2) is 4.39 Å². The topological polar surface area (TPSA) is 29.3 Å². The molecule has 0 saturated heterocycles. The third-order valence-corrected chi connectivity index (χ3v) is 3.42. The van der Waals surface area contributed by atoms with Gasteiger partial charge in [0, 0.05) is 22.8 Å². The average Bonchev–Trinajstić information content (AvgIpc) is 2.43. The van der Waals surface area contributed by atoms with Crippen LogP contribution in [0.2, 0.25) is 5.02 Å². The molecule has 5 heteroatoms. The number of rotatable bonds is 4. The van der Waals surface area contributed by atoms with Gasteiger partial charge in [0.25, 0.3) is 0 Å². The summed E-state index contributed by atoms with van der Waals surface area (Å²) in [5.41, 5.74) is 8.20. The summed E-state index contributed by atoms with van der Waals surface area (Å²) < 4.78 is 13.0. The van der Waals surface area contributed by atoms with Crippen molar-refractivity contribution < 1.29 is 4.39 Å². The summed E-state index contributed by atoms with van der Waals surface area (Å²) in [6.07, 6.45) is 0. The van der Waals surface area contributed by atoms with Crippen LogP contribution >= 0.6 is 23.8 Å². The largest absolute Gasteiger partial charge is 0.389 e. The van der Waals surface area contributed by atoms with E-state index in [2.05, 4.69) is 0 Å². The maximum Gasteiger partial charge on any atom is 0.123 e. The number of hydrogen-bond acceptors (Lipinski definition) is 2. The lowest BCUT2D eigenvalue weighted by Crippen LogP contribution is -2.21. The summed E-state index contributed by atoms with van der Waals surface area (Å²) in [7, 11) is 0. The van der Waals surface area contributed by atoms with Crippen molar-refractivity contribution in [2.24, 2.45) is 5.73 Å². The van der Waals surface area contributed by atoms with E-state index in [0.717, 1.165) is 11.4 Å². The first kappa shape index (κ1) is 14.8. The van der Waals surface area contributed by atoms with Crippen molar-refractivity contribution in [1.82, 2.24) is 0 Å². The second-order valence-electron chi connectivity index (χ2n) is 4.25. The highest BCUT2D eigenvalue weighted by molar-refractivity contribution is 7.80. The van der Waals surface area contributed by atoms with E-state index in [1.165, 1.54) is 12.1 Å². The van der Waals surface area contributed by atoms with Crippen LogP contribution in [0.5, 0.6) is 0 Å². The number of hydrogen-bond donors (Lipinski definition) is 1. The predicted octanol–water partition coefficient (Wildman–Crippen LogP) is 4.27. The number of nitrogens with two attached hydrogens (primary N) is 1. The monoisotopic (exact) mass is 308 g/mol. The van der Waals surface area contributed by atoms with E-state index < -0.39 is 0 Å². The van der Waals surface area contributed by atoms with Crippen molar-refractivity contribution in [1.29, 1.82) is 0 Å². The van der Waals surface area contributed by atoms with Gasteiger partial charge in [0.15, 0.2) is 0 Å². The minimum Gasteiger partial charge on any atom is -0.389 e. The van der Waals surface area contributed by atoms with Crippen LogP contribution in [-0.4, -0.2) is 11.5 Å². The van der Waals surface area contributed by atoms with E-state index in [-0.39, 0.29) is 10.8 Å². The molecule has 0 unspecified atom stereocenters. The fourth-order valence-electron chi connectivity index (χ4n) is 2.05. The van der Waals surface area contributed by atoms with Crippen LogP contribution in [0, 0.1) is 5.82 Å². The Morgan fingerprint density at radius 3 is 2.45 bits per heavy atom. The van der Waals surface area contributed by atoms with Crippen molar-refractivity contribution in [2.45, 2.75) is 6.92 Å². The quantitative estimate of drug-likeness (QED) is 0.855. The number of thiocarbonyl (C=S) groups is 1. The first-order valence-electron chi connectivity index (χ1n) is 6.15. The lowest BCUT2D eigenvalue weighted by atomic mass is 10.1. The van der Waals surface area contributed by atoms with Gasteiger partial charge in [-0.3, -0.25) is 0 Å². The summed E-state index contributed by atoms with van der Waals surface area (Å²) in [6.45, 7) is 2.70. The molecule has 2 nitrogen and oxygen atoms in total. The highest BCUT2D eigenvalue weighted by Gasteiger charge is 2.14. The zero-order valence-corrected chi connectivity index (χ0v) is 12.5. The Hall–Kier alpha value is -1.65. The highest BCUT2D eigenvalue weighted by Crippen LogP contribution is 2.30. The first-order chi connectivity index (χ1) is 9.52. The van der Waals surface area contributed by atoms with Crippen LogP contribution in [0.4, 0.5) is 15.8 Å². The van der Waals surface area contributed by atoms with Gasteiger partial charge in [-0.05, 0) is 49.4 Å². The molecule has 0 atom stereocenters. The third kappa shape index (κ3) is 3.08. The molecule has 2 rings (SSSR count). The Morgan fingerprint density at radius 2 is 1.90 bits per heavy atom. The fourth-order valence-corrected chi connectivity index (χ4v) is 2.39. The van der Waals surface area contributed by atoms with Crippen molar-refractivity contribution in [3.63, 3.8) is 0 Å². The molecule has 0 aliphatic heterocycles. The van der Waals surface area contributed by atoms with Gasteiger partial charge in [0.1, 0.15) is 10.8 Å². The molecule has 104 valence electrons. The lowest BCUT2D eigenvalue weighted by Gasteiger charge is -2.25. The molecule has 2 aromatic carbocycles. The van der Waals surface area contributed by atoms with Crippen molar-refractivity contribution in [2.75, 3.05) is 11.4 Å². The van der Waals surface area contributed by atoms with Gasteiger partial charge in [-0.2, -0.15) is 0 Å². The van der Waals surface area contributed by atoms with Gasteiger partial charge in [-0.1, -0.05) is 23.8 Å². The van der Waals surface area contributed by atoms with Crippen LogP contribution in [0.3, 0.4) is 0 Å². The average molecular weight is 309 g/mol. The van der Waals surface area contributed by atoms with Crippen molar-refractivity contribution in [3.05, 3.63) is 58.9 Å². The Bertz CT molecular complexity index is 628. The Morgan fingerprint density at radius 1 is 1.25 bits per heavy atom. The van der Waals surface area contributed by atoms with Gasteiger partial charge in [0.2, 0.25) is 0 Å². The number of halogens is 2. The van der Waals surface area contributed by atoms with Crippen LogP contribution in [-0.2, 0) is 0 Å². The zero-order valence-electron chi connectivity index (χ0n) is 10.9. The van der Waals surface area contributed by atoms with Gasteiger partial charge < -0.3 is 10.6 Å². The summed E-state index contributed by atoms with van der Waals surface area (Å²) in [5, 5.41) is 0.576. The molecule has 0 aliphatic carbocycles. The van der Waals surface area contributed by atoms with E-state index in [1.807, 2.05) is 17.9 Å². The Kier molecular flexibility index (Phi) is 4.57. The van der Waals surface area contributed by atoms with E-state index in [9.17, 15) is 4.39 Å². The molecule has 2 aromatic rings. The third-order valence-electron chi connectivity index (χ3n) is 2.97. The normalized spacial score (nSPS) is 10.3. The zero-order chi connectivity index (χ0) is 14.7. The Labute approximate surface area is 128 Å². The molecule has 0 spiro atoms. The van der Waals surface area contributed by atoms with Crippen LogP contribution < -0.4 is 10.6 Å². The van der Waals surface area contributed by atoms with E-state index in [0.29, 0.717) is 17.1 Å². The molecule has 0 aliphatic rings. The Balaban J connectivity index is 2.51. The molecular weight excluding hydrogens is 295 g/mol. The van der Waals surface area contributed by atoms with Crippen LogP contribution in [0.25, 0.3) is 0 Å². The summed E-state index contributed by atoms with van der Waals surface area (Å²) in [5.74, 6) is -0.268. The molecular formula is C15H14ClFN2S. The molecule has 0 radical (unpaired) electrons. The van der Waals surface area contributed by atoms with Gasteiger partial charge in [-0.15, -0.1) is 0 Å². The predicted molar refractivity (Wildman–Crippen MR) is 86.4 cm³/mol. The number of benzene rings is 2. The highest BCUT2D eigenvalue weighted by atomic mass is 35.5. The molecule has 2 N–H and O–H groups in total. The fraction of sp³-hybridized carbons (Fsp3) is 0.133. The van der Waals surface area contributed by atoms with Crippen molar-refractivity contribution in [3.8, 4) is 0 Å². The minimum atomic E-state index is -0.268. The standard InChI is InChI=1S/C15H14ClFN2S/c1-2-19(12-6-4-11(17)5-7-12)14-8-3-10(16)9-13(14)15(18)20/h3-9H,2H2,1H3,(H2,18,20). The van der Waals surface area contributed by atoms with E-state index in [1.54, 1.807) is 24.3 Å². The number of anilines is 2. The maximum atomic E-state index is 13.0. The SMILES string of the molecule is CCN(c1ccc(F)cc1)c1ccc(Cl)cc1C(N)=S. The second kappa shape index (κ2) is 6.20. The molecule has 0 aromatic heterocycles. The van der Waals surface area contributed by atoms with Crippen LogP contribution in [0.15, 0.2) is 42.5 Å². The molecule has 20 heavy (non-hydrogen) atoms. The summed E-state index contributed by atoms with van der Waals surface area (Å²) in [4.78, 5) is 2.28. The first-order valence-corrected chi connectivity index (χ1v) is 6.94. The van der Waals surface area contributed by atoms with Crippen LogP contribution in [0.1, 0.15) is 12.5 Å². The van der Waals surface area contributed by atoms with E-state index >= 15 is 0 Å². The molecule has 0 bridgehead atoms. The summed E-state index contributed by atoms with van der Waals surface area (Å²) in [6, 6.07) is 11.7. The van der Waals surface area contributed by atoms with Gasteiger partial charge >= 0.3 is 0 Å². The molecule has 0 amide bonds. The second-order valence-corrected chi connectivity index (χ2v) is 5.12. The molecule has 0 saturated carbocycles.